The molecule has 0 radical (unpaired) electrons. The standard InChI is InChI=1S/C24H29FN2O/c25-22-11-9-21(10-12-22)24(13-4-5-14-24)23(28)27-16-6-15-26(17-18-27)19-20-7-2-1-3-8-20/h1-3,7-12H,4-6,13-19H2. The van der Waals surface area contributed by atoms with E-state index < -0.39 is 5.41 Å². The summed E-state index contributed by atoms with van der Waals surface area (Å²) in [6.07, 6.45) is 4.88. The first kappa shape index (κ1) is 19.1. The molecule has 1 aliphatic carbocycles. The van der Waals surface area contributed by atoms with Gasteiger partial charge < -0.3 is 4.90 Å². The summed E-state index contributed by atoms with van der Waals surface area (Å²) in [7, 11) is 0. The lowest BCUT2D eigenvalue weighted by Gasteiger charge is -2.34. The van der Waals surface area contributed by atoms with Crippen molar-refractivity contribution in [2.24, 2.45) is 0 Å². The van der Waals surface area contributed by atoms with Gasteiger partial charge in [0, 0.05) is 32.7 Å². The van der Waals surface area contributed by atoms with Gasteiger partial charge in [0.1, 0.15) is 5.82 Å². The fraction of sp³-hybridized carbons (Fsp3) is 0.458. The molecule has 148 valence electrons. The van der Waals surface area contributed by atoms with Crippen molar-refractivity contribution in [2.45, 2.75) is 44.1 Å². The second kappa shape index (κ2) is 8.44. The Kier molecular flexibility index (Phi) is 5.77. The smallest absolute Gasteiger partial charge is 0.233 e. The molecular weight excluding hydrogens is 351 g/mol. The minimum Gasteiger partial charge on any atom is -0.341 e. The second-order valence-electron chi connectivity index (χ2n) is 8.20. The molecule has 1 heterocycles. The molecule has 1 saturated heterocycles. The summed E-state index contributed by atoms with van der Waals surface area (Å²) in [5, 5.41) is 0. The lowest BCUT2D eigenvalue weighted by atomic mass is 9.77. The highest BCUT2D eigenvalue weighted by Crippen LogP contribution is 2.42. The van der Waals surface area contributed by atoms with Crippen LogP contribution in [0.25, 0.3) is 0 Å². The predicted octanol–water partition coefficient (Wildman–Crippen LogP) is 4.37. The number of nitrogens with zero attached hydrogens (tertiary/aromatic N) is 2. The summed E-state index contributed by atoms with van der Waals surface area (Å²) < 4.78 is 13.4. The maximum atomic E-state index is 13.6. The van der Waals surface area contributed by atoms with Crippen LogP contribution in [0.2, 0.25) is 0 Å². The van der Waals surface area contributed by atoms with Crippen LogP contribution in [0.5, 0.6) is 0 Å². The molecule has 4 rings (SSSR count). The van der Waals surface area contributed by atoms with Gasteiger partial charge >= 0.3 is 0 Å². The fourth-order valence-electron chi connectivity index (χ4n) is 4.85. The molecule has 0 N–H and O–H groups in total. The second-order valence-corrected chi connectivity index (χ2v) is 8.20. The van der Waals surface area contributed by atoms with Gasteiger partial charge in [-0.3, -0.25) is 9.69 Å². The maximum Gasteiger partial charge on any atom is 0.233 e. The largest absolute Gasteiger partial charge is 0.341 e. The van der Waals surface area contributed by atoms with E-state index in [1.165, 1.54) is 17.7 Å². The summed E-state index contributed by atoms with van der Waals surface area (Å²) in [6.45, 7) is 4.44. The molecule has 28 heavy (non-hydrogen) atoms. The van der Waals surface area contributed by atoms with Crippen LogP contribution in [-0.4, -0.2) is 41.9 Å². The number of hydrogen-bond donors (Lipinski definition) is 0. The Bertz CT molecular complexity index is 784. The SMILES string of the molecule is O=C(N1CCCN(Cc2ccccc2)CC1)C1(c2ccc(F)cc2)CCCC1. The molecule has 2 aliphatic rings. The molecule has 2 aromatic rings. The monoisotopic (exact) mass is 380 g/mol. The topological polar surface area (TPSA) is 23.6 Å². The first-order valence-corrected chi connectivity index (χ1v) is 10.5. The number of benzene rings is 2. The molecule has 1 aliphatic heterocycles. The molecule has 1 saturated carbocycles. The third-order valence-corrected chi connectivity index (χ3v) is 6.39. The molecule has 4 heteroatoms. The minimum absolute atomic E-state index is 0.240. The van der Waals surface area contributed by atoms with Crippen LogP contribution in [0.1, 0.15) is 43.2 Å². The molecule has 2 aromatic carbocycles. The van der Waals surface area contributed by atoms with Gasteiger partial charge in [0.2, 0.25) is 5.91 Å². The zero-order chi connectivity index (χ0) is 19.4. The molecule has 3 nitrogen and oxygen atoms in total. The van der Waals surface area contributed by atoms with E-state index in [4.69, 9.17) is 0 Å². The Hall–Kier alpha value is -2.20. The van der Waals surface area contributed by atoms with Crippen molar-refractivity contribution < 1.29 is 9.18 Å². The molecule has 0 atom stereocenters. The summed E-state index contributed by atoms with van der Waals surface area (Å²) in [4.78, 5) is 18.2. The first-order chi connectivity index (χ1) is 13.7. The number of hydrogen-bond acceptors (Lipinski definition) is 2. The van der Waals surface area contributed by atoms with Crippen molar-refractivity contribution >= 4 is 5.91 Å². The highest BCUT2D eigenvalue weighted by atomic mass is 19.1. The van der Waals surface area contributed by atoms with Crippen LogP contribution in [-0.2, 0) is 16.8 Å². The normalized spacial score (nSPS) is 20.1. The number of carbonyl (C=O) groups is 1. The third-order valence-electron chi connectivity index (χ3n) is 6.39. The molecule has 0 spiro atoms. The number of carbonyl (C=O) groups excluding carboxylic acids is 1. The highest BCUT2D eigenvalue weighted by molar-refractivity contribution is 5.88. The van der Waals surface area contributed by atoms with Crippen LogP contribution in [0.4, 0.5) is 4.39 Å². The van der Waals surface area contributed by atoms with Gasteiger partial charge in [-0.2, -0.15) is 0 Å². The first-order valence-electron chi connectivity index (χ1n) is 10.5. The van der Waals surface area contributed by atoms with Gasteiger partial charge in [0.05, 0.1) is 5.41 Å². The predicted molar refractivity (Wildman–Crippen MR) is 109 cm³/mol. The lowest BCUT2D eigenvalue weighted by molar-refractivity contribution is -0.137. The van der Waals surface area contributed by atoms with Crippen molar-refractivity contribution in [3.05, 3.63) is 71.5 Å². The maximum absolute atomic E-state index is 13.6. The number of amides is 1. The van der Waals surface area contributed by atoms with Crippen molar-refractivity contribution in [2.75, 3.05) is 26.2 Å². The van der Waals surface area contributed by atoms with Gasteiger partial charge in [-0.25, -0.2) is 4.39 Å². The van der Waals surface area contributed by atoms with Crippen molar-refractivity contribution in [3.8, 4) is 0 Å². The zero-order valence-electron chi connectivity index (χ0n) is 16.4. The van der Waals surface area contributed by atoms with Crippen LogP contribution in [0.3, 0.4) is 0 Å². The zero-order valence-corrected chi connectivity index (χ0v) is 16.4. The molecule has 0 aromatic heterocycles. The van der Waals surface area contributed by atoms with E-state index >= 15 is 0 Å². The van der Waals surface area contributed by atoms with E-state index in [1.807, 2.05) is 18.2 Å². The van der Waals surface area contributed by atoms with Gasteiger partial charge in [-0.15, -0.1) is 0 Å². The van der Waals surface area contributed by atoms with Crippen LogP contribution < -0.4 is 0 Å². The van der Waals surface area contributed by atoms with Crippen molar-refractivity contribution in [1.29, 1.82) is 0 Å². The van der Waals surface area contributed by atoms with Crippen LogP contribution >= 0.6 is 0 Å². The number of halogens is 1. The molecular formula is C24H29FN2O. The summed E-state index contributed by atoms with van der Waals surface area (Å²) in [6, 6.07) is 17.1. The quantitative estimate of drug-likeness (QED) is 0.786. The van der Waals surface area contributed by atoms with E-state index in [2.05, 4.69) is 34.1 Å². The number of rotatable bonds is 4. The molecule has 2 fully saturated rings. The Morgan fingerprint density at radius 2 is 1.57 bits per heavy atom. The van der Waals surface area contributed by atoms with Crippen molar-refractivity contribution in [3.63, 3.8) is 0 Å². The summed E-state index contributed by atoms with van der Waals surface area (Å²) >= 11 is 0. The third kappa shape index (κ3) is 3.97. The Labute approximate surface area is 167 Å². The molecule has 1 amide bonds. The molecule has 0 bridgehead atoms. The minimum atomic E-state index is -0.456. The Balaban J connectivity index is 1.47. The van der Waals surface area contributed by atoms with E-state index in [1.54, 1.807) is 0 Å². The van der Waals surface area contributed by atoms with E-state index in [0.717, 1.165) is 70.4 Å². The Morgan fingerprint density at radius 1 is 0.857 bits per heavy atom. The van der Waals surface area contributed by atoms with E-state index in [9.17, 15) is 9.18 Å². The average molecular weight is 381 g/mol. The van der Waals surface area contributed by atoms with Gasteiger partial charge in [-0.05, 0) is 42.5 Å². The average Bonchev–Trinajstić information content (AvgIpc) is 3.11. The van der Waals surface area contributed by atoms with Crippen molar-refractivity contribution in [1.82, 2.24) is 9.80 Å². The molecule has 0 unspecified atom stereocenters. The van der Waals surface area contributed by atoms with E-state index in [0.29, 0.717) is 0 Å². The van der Waals surface area contributed by atoms with Gasteiger partial charge in [-0.1, -0.05) is 55.3 Å². The van der Waals surface area contributed by atoms with Gasteiger partial charge in [0.25, 0.3) is 0 Å². The van der Waals surface area contributed by atoms with Crippen LogP contribution in [0.15, 0.2) is 54.6 Å². The fourth-order valence-corrected chi connectivity index (χ4v) is 4.85. The Morgan fingerprint density at radius 3 is 2.29 bits per heavy atom. The van der Waals surface area contributed by atoms with E-state index in [-0.39, 0.29) is 11.7 Å². The summed E-state index contributed by atoms with van der Waals surface area (Å²) in [5.74, 6) is 0.00819. The van der Waals surface area contributed by atoms with Gasteiger partial charge in [0.15, 0.2) is 0 Å². The summed E-state index contributed by atoms with van der Waals surface area (Å²) in [5.41, 5.74) is 1.85. The lowest BCUT2D eigenvalue weighted by Crippen LogP contribution is -2.46. The van der Waals surface area contributed by atoms with Crippen LogP contribution in [0, 0.1) is 5.82 Å². The highest BCUT2D eigenvalue weighted by Gasteiger charge is 2.45.